The minimum atomic E-state index is -0.693. The minimum absolute atomic E-state index is 0.545. The van der Waals surface area contributed by atoms with Gasteiger partial charge in [0.1, 0.15) is 11.6 Å². The van der Waals surface area contributed by atoms with Gasteiger partial charge in [0.15, 0.2) is 0 Å². The van der Waals surface area contributed by atoms with Gasteiger partial charge < -0.3 is 14.9 Å². The second-order valence-electron chi connectivity index (χ2n) is 8.48. The lowest BCUT2D eigenvalue weighted by molar-refractivity contribution is 0.158. The number of benzene rings is 4. The van der Waals surface area contributed by atoms with Gasteiger partial charge in [-0.25, -0.2) is 0 Å². The lowest BCUT2D eigenvalue weighted by atomic mass is 9.76. The molecule has 0 fully saturated rings. The Morgan fingerprint density at radius 2 is 1.03 bits per heavy atom. The average Bonchev–Trinajstić information content (AvgIpc) is 3.28. The van der Waals surface area contributed by atoms with Gasteiger partial charge in [-0.1, -0.05) is 121 Å². The first-order chi connectivity index (χ1) is 16.2. The summed E-state index contributed by atoms with van der Waals surface area (Å²) in [6.07, 6.45) is 1.44. The molecule has 1 heterocycles. The number of likely N-dealkylation sites (N-methyl/N-ethyl adjacent to an activating group) is 1. The zero-order valence-electron chi connectivity index (χ0n) is 18.8. The van der Waals surface area contributed by atoms with E-state index in [1.165, 1.54) is 16.7 Å². The van der Waals surface area contributed by atoms with Crippen LogP contribution < -0.4 is 0 Å². The van der Waals surface area contributed by atoms with Crippen LogP contribution in [0.3, 0.4) is 0 Å². The van der Waals surface area contributed by atoms with Crippen LogP contribution in [0, 0.1) is 0 Å². The molecule has 0 radical (unpaired) electrons. The molecule has 1 N–H and O–H groups in total. The Morgan fingerprint density at radius 1 is 0.636 bits per heavy atom. The van der Waals surface area contributed by atoms with E-state index in [0.29, 0.717) is 6.67 Å². The second-order valence-corrected chi connectivity index (χ2v) is 8.48. The van der Waals surface area contributed by atoms with Gasteiger partial charge in [-0.2, -0.15) is 0 Å². The van der Waals surface area contributed by atoms with Crippen LogP contribution in [-0.4, -0.2) is 28.6 Å². The fraction of sp³-hybridized carbons (Fsp3) is 0.133. The number of aliphatic hydroxyl groups excluding tert-OH is 1. The summed E-state index contributed by atoms with van der Waals surface area (Å²) in [5, 5.41) is 11.2. The Labute approximate surface area is 195 Å². The number of nitrogens with zero attached hydrogens (tertiary/aromatic N) is 2. The fourth-order valence-corrected chi connectivity index (χ4v) is 4.93. The van der Waals surface area contributed by atoms with Gasteiger partial charge in [0.25, 0.3) is 0 Å². The maximum atomic E-state index is 11.2. The van der Waals surface area contributed by atoms with Gasteiger partial charge in [0.2, 0.25) is 0 Å². The molecule has 0 saturated carbocycles. The van der Waals surface area contributed by atoms with Crippen molar-refractivity contribution in [2.45, 2.75) is 11.6 Å². The summed E-state index contributed by atoms with van der Waals surface area (Å²) >= 11 is 0. The summed E-state index contributed by atoms with van der Waals surface area (Å²) in [5.74, 6) is 0. The molecule has 1 aliphatic heterocycles. The van der Waals surface area contributed by atoms with Gasteiger partial charge in [0, 0.05) is 13.2 Å². The predicted octanol–water partition coefficient (Wildman–Crippen LogP) is 5.76. The molecule has 0 aliphatic carbocycles. The molecular weight excluding hydrogens is 404 g/mol. The summed E-state index contributed by atoms with van der Waals surface area (Å²) in [5.41, 5.74) is 4.78. The standard InChI is InChI=1S/C30H28N2O/c1-31-23-32(22-28(31)29(33)24-14-6-2-7-15-24)30(25-16-8-3-9-17-25,26-18-10-4-11-19-26)27-20-12-5-13-21-27/h2-22,29,33H,23H2,1H3. The van der Waals surface area contributed by atoms with Crippen molar-refractivity contribution in [2.75, 3.05) is 13.7 Å². The van der Waals surface area contributed by atoms with Gasteiger partial charge >= 0.3 is 0 Å². The topological polar surface area (TPSA) is 26.7 Å². The molecule has 0 saturated heterocycles. The van der Waals surface area contributed by atoms with Crippen molar-refractivity contribution in [1.82, 2.24) is 9.80 Å². The number of rotatable bonds is 6. The summed E-state index contributed by atoms with van der Waals surface area (Å²) in [6, 6.07) is 41.8. The van der Waals surface area contributed by atoms with E-state index in [4.69, 9.17) is 0 Å². The van der Waals surface area contributed by atoms with Crippen molar-refractivity contribution >= 4 is 0 Å². The van der Waals surface area contributed by atoms with Crippen molar-refractivity contribution < 1.29 is 5.11 Å². The summed E-state index contributed by atoms with van der Waals surface area (Å²) in [6.45, 7) is 0.651. The van der Waals surface area contributed by atoms with E-state index in [-0.39, 0.29) is 0 Å². The first-order valence-electron chi connectivity index (χ1n) is 11.3. The van der Waals surface area contributed by atoms with E-state index in [1.54, 1.807) is 0 Å². The van der Waals surface area contributed by atoms with Crippen LogP contribution in [0.4, 0.5) is 0 Å². The molecule has 3 nitrogen and oxygen atoms in total. The Kier molecular flexibility index (Phi) is 5.72. The van der Waals surface area contributed by atoms with Crippen molar-refractivity contribution in [3.63, 3.8) is 0 Å². The van der Waals surface area contributed by atoms with Crippen molar-refractivity contribution in [3.05, 3.63) is 155 Å². The Hall–Kier alpha value is -3.82. The molecule has 0 bridgehead atoms. The van der Waals surface area contributed by atoms with Crippen LogP contribution in [0.15, 0.2) is 133 Å². The van der Waals surface area contributed by atoms with E-state index in [9.17, 15) is 5.11 Å². The Balaban J connectivity index is 1.72. The molecule has 164 valence electrons. The van der Waals surface area contributed by atoms with E-state index < -0.39 is 11.6 Å². The van der Waals surface area contributed by atoms with Crippen molar-refractivity contribution in [1.29, 1.82) is 0 Å². The summed E-state index contributed by atoms with van der Waals surface area (Å²) in [7, 11) is 2.05. The molecule has 1 atom stereocenters. The van der Waals surface area contributed by atoms with Gasteiger partial charge in [-0.05, 0) is 22.3 Å². The van der Waals surface area contributed by atoms with Crippen LogP contribution in [-0.2, 0) is 5.54 Å². The van der Waals surface area contributed by atoms with E-state index in [1.807, 2.05) is 37.4 Å². The molecule has 0 amide bonds. The highest BCUT2D eigenvalue weighted by Gasteiger charge is 2.44. The van der Waals surface area contributed by atoms with Crippen LogP contribution in [0.25, 0.3) is 0 Å². The fourth-order valence-electron chi connectivity index (χ4n) is 4.93. The molecule has 1 aliphatic rings. The van der Waals surface area contributed by atoms with Crippen LogP contribution >= 0.6 is 0 Å². The highest BCUT2D eigenvalue weighted by molar-refractivity contribution is 5.51. The average molecular weight is 433 g/mol. The van der Waals surface area contributed by atoms with E-state index in [2.05, 4.69) is 107 Å². The molecule has 5 rings (SSSR count). The van der Waals surface area contributed by atoms with E-state index in [0.717, 1.165) is 11.3 Å². The number of aliphatic hydroxyl groups is 1. The third-order valence-electron chi connectivity index (χ3n) is 6.49. The van der Waals surface area contributed by atoms with Crippen LogP contribution in [0.1, 0.15) is 28.4 Å². The molecule has 0 spiro atoms. The molecule has 3 heteroatoms. The Bertz CT molecular complexity index is 1110. The van der Waals surface area contributed by atoms with Crippen molar-refractivity contribution in [2.24, 2.45) is 0 Å². The predicted molar refractivity (Wildman–Crippen MR) is 133 cm³/mol. The van der Waals surface area contributed by atoms with E-state index >= 15 is 0 Å². The monoisotopic (exact) mass is 432 g/mol. The molecule has 4 aromatic carbocycles. The van der Waals surface area contributed by atoms with Gasteiger partial charge in [-0.15, -0.1) is 0 Å². The Morgan fingerprint density at radius 3 is 1.45 bits per heavy atom. The normalized spacial score (nSPS) is 14.8. The number of hydrogen-bond donors (Lipinski definition) is 1. The molecule has 4 aromatic rings. The summed E-state index contributed by atoms with van der Waals surface area (Å²) in [4.78, 5) is 4.50. The quantitative estimate of drug-likeness (QED) is 0.393. The maximum Gasteiger partial charge on any atom is 0.120 e. The third kappa shape index (κ3) is 3.71. The van der Waals surface area contributed by atoms with Gasteiger partial charge in [-0.3, -0.25) is 0 Å². The zero-order valence-corrected chi connectivity index (χ0v) is 18.8. The molecule has 1 unspecified atom stereocenters. The lowest BCUT2D eigenvalue weighted by Gasteiger charge is -2.44. The van der Waals surface area contributed by atoms with Crippen molar-refractivity contribution in [3.8, 4) is 0 Å². The SMILES string of the molecule is CN1CN(C(c2ccccc2)(c2ccccc2)c2ccccc2)C=C1C(O)c1ccccc1. The van der Waals surface area contributed by atoms with Crippen LogP contribution in [0.5, 0.6) is 0 Å². The molecule has 33 heavy (non-hydrogen) atoms. The first-order valence-corrected chi connectivity index (χ1v) is 11.3. The highest BCUT2D eigenvalue weighted by Crippen LogP contribution is 2.45. The van der Waals surface area contributed by atoms with Gasteiger partial charge in [0.05, 0.1) is 12.4 Å². The highest BCUT2D eigenvalue weighted by atomic mass is 16.3. The third-order valence-corrected chi connectivity index (χ3v) is 6.49. The lowest BCUT2D eigenvalue weighted by Crippen LogP contribution is -2.46. The molecule has 0 aromatic heterocycles. The maximum absolute atomic E-state index is 11.2. The number of hydrogen-bond acceptors (Lipinski definition) is 3. The summed E-state index contributed by atoms with van der Waals surface area (Å²) < 4.78 is 0. The smallest absolute Gasteiger partial charge is 0.120 e. The van der Waals surface area contributed by atoms with Crippen LogP contribution in [0.2, 0.25) is 0 Å². The minimum Gasteiger partial charge on any atom is -0.382 e. The largest absolute Gasteiger partial charge is 0.382 e. The first kappa shape index (κ1) is 21.0. The molecular formula is C30H28N2O. The zero-order chi connectivity index (χ0) is 22.7. The second kappa shape index (κ2) is 8.97.